The van der Waals surface area contributed by atoms with Crippen LogP contribution in [-0.2, 0) is 22.4 Å². The van der Waals surface area contributed by atoms with Crippen molar-refractivity contribution in [3.05, 3.63) is 94.0 Å². The van der Waals surface area contributed by atoms with Gasteiger partial charge in [0.25, 0.3) is 11.8 Å². The van der Waals surface area contributed by atoms with Gasteiger partial charge in [-0.15, -0.1) is 11.3 Å². The van der Waals surface area contributed by atoms with E-state index in [1.54, 1.807) is 22.1 Å². The molecule has 0 bridgehead atoms. The van der Waals surface area contributed by atoms with Crippen LogP contribution >= 0.6 is 11.3 Å². The molecule has 2 saturated heterocycles. The predicted molar refractivity (Wildman–Crippen MR) is 203 cm³/mol. The molecule has 2 aromatic carbocycles. The summed E-state index contributed by atoms with van der Waals surface area (Å²) in [6.07, 6.45) is 6.61. The van der Waals surface area contributed by atoms with Crippen molar-refractivity contribution < 1.29 is 19.1 Å². The number of carbonyl (C=O) groups excluding carboxylic acids is 3. The lowest BCUT2D eigenvalue weighted by Crippen LogP contribution is -2.51. The van der Waals surface area contributed by atoms with Crippen molar-refractivity contribution in [1.29, 1.82) is 5.26 Å². The van der Waals surface area contributed by atoms with E-state index in [0.717, 1.165) is 42.6 Å². The normalized spacial score (nSPS) is 18.2. The van der Waals surface area contributed by atoms with Crippen molar-refractivity contribution >= 4 is 56.5 Å². The Morgan fingerprint density at radius 3 is 2.60 bits per heavy atom. The highest BCUT2D eigenvalue weighted by Crippen LogP contribution is 2.46. The van der Waals surface area contributed by atoms with E-state index in [4.69, 9.17) is 4.74 Å². The maximum absolute atomic E-state index is 13.9. The lowest BCUT2D eigenvalue weighted by Gasteiger charge is -2.39. The molecule has 0 aliphatic carbocycles. The number of benzene rings is 2. The molecule has 5 heterocycles. The summed E-state index contributed by atoms with van der Waals surface area (Å²) in [5.74, 6) is -0.666. The van der Waals surface area contributed by atoms with Crippen LogP contribution in [0.2, 0.25) is 0 Å². The zero-order chi connectivity index (χ0) is 36.4. The third kappa shape index (κ3) is 7.17. The summed E-state index contributed by atoms with van der Waals surface area (Å²) in [6.45, 7) is 9.49. The van der Waals surface area contributed by atoms with Crippen molar-refractivity contribution in [2.45, 2.75) is 58.0 Å². The summed E-state index contributed by atoms with van der Waals surface area (Å²) in [5, 5.41) is 16.8. The number of aromatic nitrogens is 1. The second-order valence-electron chi connectivity index (χ2n) is 14.2. The minimum atomic E-state index is -0.492. The molecule has 3 aliphatic heterocycles. The van der Waals surface area contributed by atoms with E-state index in [1.807, 2.05) is 39.0 Å². The van der Waals surface area contributed by atoms with Gasteiger partial charge in [-0.2, -0.15) is 5.26 Å². The Morgan fingerprint density at radius 1 is 1.08 bits per heavy atom. The van der Waals surface area contributed by atoms with Crippen LogP contribution in [0.3, 0.4) is 0 Å². The second-order valence-corrected chi connectivity index (χ2v) is 15.2. The van der Waals surface area contributed by atoms with E-state index in [0.29, 0.717) is 53.7 Å². The first-order chi connectivity index (χ1) is 25.1. The van der Waals surface area contributed by atoms with Crippen LogP contribution in [0.4, 0.5) is 21.9 Å². The van der Waals surface area contributed by atoms with Crippen molar-refractivity contribution in [3.63, 3.8) is 0 Å². The maximum Gasteiger partial charge on any atom is 0.331 e. The standard InChI is InChI=1S/C40H43N7O4S/c1-26-22-28(12-11-27-8-5-4-6-9-27)13-14-31(26)47-32-15-16-42-37-33(32)34(44-39(47)50)35(52-37)36(48)43-30-10-7-17-45(25-30)38(49)29(24-41)23-40(2,3)46-18-20-51-21-19-46/h4-6,8-9,13-16,22-23,30H,7,10-12,17-21,25H2,1-3H3,(H,43,48)(H,44,50)/b29-23+/t30-/m1/s1. The molecule has 4 amide bonds. The molecule has 0 saturated carbocycles. The lowest BCUT2D eigenvalue weighted by atomic mass is 9.97. The number of nitrogens with one attached hydrogen (secondary N) is 2. The summed E-state index contributed by atoms with van der Waals surface area (Å²) >= 11 is 1.23. The summed E-state index contributed by atoms with van der Waals surface area (Å²) in [5.41, 5.74) is 4.93. The Balaban J connectivity index is 1.07. The molecular formula is C40H43N7O4S. The fourth-order valence-corrected chi connectivity index (χ4v) is 8.49. The van der Waals surface area contributed by atoms with E-state index in [-0.39, 0.29) is 36.0 Å². The first kappa shape index (κ1) is 35.3. The maximum atomic E-state index is 13.9. The Labute approximate surface area is 307 Å². The molecule has 1 atom stereocenters. The van der Waals surface area contributed by atoms with Crippen LogP contribution in [0.5, 0.6) is 0 Å². The Kier molecular flexibility index (Phi) is 10.1. The average molecular weight is 718 g/mol. The Hall–Kier alpha value is -5.09. The fraction of sp³-hybridized carbons (Fsp3) is 0.375. The Morgan fingerprint density at radius 2 is 1.85 bits per heavy atom. The largest absolute Gasteiger partial charge is 0.379 e. The van der Waals surface area contributed by atoms with E-state index in [2.05, 4.69) is 63.0 Å². The Bertz CT molecular complexity index is 2080. The monoisotopic (exact) mass is 717 g/mol. The molecule has 0 radical (unpaired) electrons. The van der Waals surface area contributed by atoms with Crippen LogP contribution < -0.4 is 15.5 Å². The van der Waals surface area contributed by atoms with Gasteiger partial charge in [-0.3, -0.25) is 19.4 Å². The zero-order valence-electron chi connectivity index (χ0n) is 29.8. The van der Waals surface area contributed by atoms with Gasteiger partial charge >= 0.3 is 6.03 Å². The molecule has 2 N–H and O–H groups in total. The molecule has 52 heavy (non-hydrogen) atoms. The number of carbonyl (C=O) groups is 3. The van der Waals surface area contributed by atoms with E-state index in [1.165, 1.54) is 22.5 Å². The van der Waals surface area contributed by atoms with Gasteiger partial charge in [0.2, 0.25) is 0 Å². The van der Waals surface area contributed by atoms with Crippen LogP contribution in [0.25, 0.3) is 10.2 Å². The number of morpholine rings is 1. The summed E-state index contributed by atoms with van der Waals surface area (Å²) in [6, 6.07) is 19.8. The molecule has 0 unspecified atom stereocenters. The number of hydrogen-bond donors (Lipinski definition) is 2. The quantitative estimate of drug-likeness (QED) is 0.152. The van der Waals surface area contributed by atoms with Crippen LogP contribution in [0.1, 0.15) is 53.1 Å². The van der Waals surface area contributed by atoms with E-state index < -0.39 is 5.54 Å². The van der Waals surface area contributed by atoms with E-state index >= 15 is 0 Å². The first-order valence-corrected chi connectivity index (χ1v) is 18.7. The number of urea groups is 1. The van der Waals surface area contributed by atoms with Crippen LogP contribution in [0.15, 0.2) is 72.4 Å². The summed E-state index contributed by atoms with van der Waals surface area (Å²) in [7, 11) is 0. The number of aryl methyl sites for hydroxylation is 3. The SMILES string of the molecule is Cc1cc(CCc2ccccc2)ccc1N1C(=O)Nc2c(C(=O)N[C@@H]3CCCN(C(=O)/C(C#N)=C/C(C)(C)N4CCOCC4)C3)sc3nccc1c23. The number of amides is 4. The first-order valence-electron chi connectivity index (χ1n) is 17.8. The van der Waals surface area contributed by atoms with E-state index in [9.17, 15) is 19.6 Å². The zero-order valence-corrected chi connectivity index (χ0v) is 30.6. The van der Waals surface area contributed by atoms with Gasteiger partial charge < -0.3 is 20.3 Å². The van der Waals surface area contributed by atoms with Crippen molar-refractivity contribution in [2.24, 2.45) is 0 Å². The number of nitrogens with zero attached hydrogens (tertiary/aromatic N) is 5. The summed E-state index contributed by atoms with van der Waals surface area (Å²) < 4.78 is 5.48. The van der Waals surface area contributed by atoms with Gasteiger partial charge in [0.05, 0.1) is 35.7 Å². The molecule has 2 aromatic heterocycles. The molecule has 3 aliphatic rings. The van der Waals surface area contributed by atoms with Gasteiger partial charge in [-0.05, 0) is 81.4 Å². The number of hydrogen-bond acceptors (Lipinski definition) is 8. The van der Waals surface area contributed by atoms with Crippen molar-refractivity contribution in [2.75, 3.05) is 49.6 Å². The highest BCUT2D eigenvalue weighted by Gasteiger charge is 2.35. The summed E-state index contributed by atoms with van der Waals surface area (Å²) in [4.78, 5) is 52.4. The second kappa shape index (κ2) is 14.9. The lowest BCUT2D eigenvalue weighted by molar-refractivity contribution is -0.128. The number of likely N-dealkylation sites (tertiary alicyclic amines) is 1. The van der Waals surface area contributed by atoms with Gasteiger partial charge in [-0.1, -0.05) is 42.5 Å². The average Bonchev–Trinajstić information content (AvgIpc) is 3.53. The molecule has 2 fully saturated rings. The third-order valence-electron chi connectivity index (χ3n) is 10.2. The van der Waals surface area contributed by atoms with Crippen LogP contribution in [-0.4, -0.2) is 83.6 Å². The molecule has 268 valence electrons. The van der Waals surface area contributed by atoms with Gasteiger partial charge in [0.15, 0.2) is 0 Å². The molecule has 11 nitrogen and oxygen atoms in total. The van der Waals surface area contributed by atoms with Crippen LogP contribution in [0, 0.1) is 18.3 Å². The smallest absolute Gasteiger partial charge is 0.331 e. The molecule has 12 heteroatoms. The minimum Gasteiger partial charge on any atom is -0.379 e. The number of ether oxygens (including phenoxy) is 1. The van der Waals surface area contributed by atoms with Gasteiger partial charge in [0.1, 0.15) is 21.3 Å². The highest BCUT2D eigenvalue weighted by atomic mass is 32.1. The van der Waals surface area contributed by atoms with Crippen molar-refractivity contribution in [1.82, 2.24) is 20.1 Å². The number of anilines is 3. The fourth-order valence-electron chi connectivity index (χ4n) is 7.47. The van der Waals surface area contributed by atoms with Gasteiger partial charge in [0, 0.05) is 44.0 Å². The number of pyridine rings is 1. The highest BCUT2D eigenvalue weighted by molar-refractivity contribution is 7.21. The topological polar surface area (TPSA) is 131 Å². The van der Waals surface area contributed by atoms with Gasteiger partial charge in [-0.25, -0.2) is 9.78 Å². The molecule has 0 spiro atoms. The predicted octanol–water partition coefficient (Wildman–Crippen LogP) is 6.36. The minimum absolute atomic E-state index is 0.0975. The third-order valence-corrected chi connectivity index (χ3v) is 11.3. The number of piperidine rings is 1. The number of rotatable bonds is 9. The number of nitriles is 1. The molecule has 7 rings (SSSR count). The van der Waals surface area contributed by atoms with Crippen molar-refractivity contribution in [3.8, 4) is 6.07 Å². The molecule has 4 aromatic rings. The number of thiophene rings is 1. The molecular weight excluding hydrogens is 675 g/mol.